The first-order valence-electron chi connectivity index (χ1n) is 6.78. The van der Waals surface area contributed by atoms with Crippen LogP contribution in [0.1, 0.15) is 0 Å². The summed E-state index contributed by atoms with van der Waals surface area (Å²) < 4.78 is 7.41. The van der Waals surface area contributed by atoms with E-state index < -0.39 is 0 Å². The Bertz CT molecular complexity index is 617. The molecular formula is C14H17N3O3. The molecule has 1 aromatic carbocycles. The van der Waals surface area contributed by atoms with E-state index in [2.05, 4.69) is 9.47 Å². The van der Waals surface area contributed by atoms with Gasteiger partial charge in [0, 0.05) is 38.4 Å². The molecule has 3 rings (SSSR count). The van der Waals surface area contributed by atoms with Crippen LogP contribution in [0.25, 0.3) is 10.9 Å². The van der Waals surface area contributed by atoms with Crippen molar-refractivity contribution in [3.05, 3.63) is 40.6 Å². The molecule has 0 amide bonds. The quantitative estimate of drug-likeness (QED) is 0.631. The summed E-state index contributed by atoms with van der Waals surface area (Å²) in [4.78, 5) is 13.0. The van der Waals surface area contributed by atoms with E-state index in [9.17, 15) is 10.1 Å². The van der Waals surface area contributed by atoms with Crippen molar-refractivity contribution in [2.75, 3.05) is 32.8 Å². The number of nitrogens with zero attached hydrogens (tertiary/aromatic N) is 3. The molecule has 106 valence electrons. The van der Waals surface area contributed by atoms with Gasteiger partial charge in [0.1, 0.15) is 0 Å². The van der Waals surface area contributed by atoms with Gasteiger partial charge < -0.3 is 9.30 Å². The third-order valence-corrected chi connectivity index (χ3v) is 3.75. The lowest BCUT2D eigenvalue weighted by Gasteiger charge is -2.26. The van der Waals surface area contributed by atoms with Crippen LogP contribution in [-0.2, 0) is 11.3 Å². The van der Waals surface area contributed by atoms with Crippen LogP contribution in [0, 0.1) is 10.1 Å². The summed E-state index contributed by atoms with van der Waals surface area (Å²) in [5.74, 6) is 0. The molecule has 1 aromatic heterocycles. The van der Waals surface area contributed by atoms with Crippen LogP contribution < -0.4 is 0 Å². The molecule has 6 heteroatoms. The number of morpholine rings is 1. The Morgan fingerprint density at radius 3 is 2.75 bits per heavy atom. The molecule has 0 spiro atoms. The Balaban J connectivity index is 1.78. The van der Waals surface area contributed by atoms with Gasteiger partial charge in [-0.15, -0.1) is 0 Å². The summed E-state index contributed by atoms with van der Waals surface area (Å²) in [6.45, 7) is 5.27. The lowest BCUT2D eigenvalue weighted by atomic mass is 10.2. The number of nitro groups is 1. The predicted octanol–water partition coefficient (Wildman–Crippen LogP) is 1.88. The second-order valence-corrected chi connectivity index (χ2v) is 4.93. The van der Waals surface area contributed by atoms with Gasteiger partial charge in [0.05, 0.1) is 29.0 Å². The molecule has 2 heterocycles. The van der Waals surface area contributed by atoms with E-state index in [1.54, 1.807) is 12.1 Å². The second-order valence-electron chi connectivity index (χ2n) is 4.93. The first-order chi connectivity index (χ1) is 9.75. The van der Waals surface area contributed by atoms with Crippen LogP contribution in [0.15, 0.2) is 30.5 Å². The van der Waals surface area contributed by atoms with Crippen molar-refractivity contribution in [2.24, 2.45) is 0 Å². The molecule has 1 aliphatic rings. The molecule has 20 heavy (non-hydrogen) atoms. The monoisotopic (exact) mass is 275 g/mol. The highest BCUT2D eigenvalue weighted by molar-refractivity contribution is 5.89. The molecule has 0 atom stereocenters. The minimum Gasteiger partial charge on any atom is -0.379 e. The molecule has 1 aliphatic heterocycles. The zero-order valence-corrected chi connectivity index (χ0v) is 11.2. The van der Waals surface area contributed by atoms with E-state index >= 15 is 0 Å². The largest absolute Gasteiger partial charge is 0.379 e. The Hall–Kier alpha value is -1.92. The minimum absolute atomic E-state index is 0.174. The normalized spacial score (nSPS) is 16.6. The molecule has 0 unspecified atom stereocenters. The summed E-state index contributed by atoms with van der Waals surface area (Å²) in [6, 6.07) is 7.05. The molecule has 1 fully saturated rings. The molecule has 2 aromatic rings. The summed E-state index contributed by atoms with van der Waals surface area (Å²) in [5.41, 5.74) is 1.10. The van der Waals surface area contributed by atoms with Gasteiger partial charge in [-0.25, -0.2) is 0 Å². The predicted molar refractivity (Wildman–Crippen MR) is 75.9 cm³/mol. The highest BCUT2D eigenvalue weighted by atomic mass is 16.6. The van der Waals surface area contributed by atoms with Crippen molar-refractivity contribution in [1.29, 1.82) is 0 Å². The third kappa shape index (κ3) is 2.52. The van der Waals surface area contributed by atoms with Gasteiger partial charge in [0.25, 0.3) is 5.69 Å². The van der Waals surface area contributed by atoms with Gasteiger partial charge in [0.15, 0.2) is 0 Å². The number of non-ortho nitro benzene ring substituents is 1. The SMILES string of the molecule is O=[N+]([O-])c1cccc2c1ccn2CCN1CCOCC1. The van der Waals surface area contributed by atoms with Crippen molar-refractivity contribution in [3.8, 4) is 0 Å². The first-order valence-corrected chi connectivity index (χ1v) is 6.78. The van der Waals surface area contributed by atoms with Crippen molar-refractivity contribution in [1.82, 2.24) is 9.47 Å². The molecule has 0 saturated carbocycles. The maximum absolute atomic E-state index is 11.0. The molecule has 0 N–H and O–H groups in total. The maximum atomic E-state index is 11.0. The molecular weight excluding hydrogens is 258 g/mol. The fourth-order valence-corrected chi connectivity index (χ4v) is 2.64. The van der Waals surface area contributed by atoms with Crippen LogP contribution in [0.5, 0.6) is 0 Å². The smallest absolute Gasteiger partial charge is 0.278 e. The Morgan fingerprint density at radius 2 is 2.00 bits per heavy atom. The van der Waals surface area contributed by atoms with Crippen LogP contribution in [0.2, 0.25) is 0 Å². The summed E-state index contributed by atoms with van der Waals surface area (Å²) >= 11 is 0. The fraction of sp³-hybridized carbons (Fsp3) is 0.429. The molecule has 0 radical (unpaired) electrons. The van der Waals surface area contributed by atoms with E-state index in [0.717, 1.165) is 44.9 Å². The molecule has 0 aliphatic carbocycles. The molecule has 1 saturated heterocycles. The van der Waals surface area contributed by atoms with Gasteiger partial charge in [-0.05, 0) is 12.1 Å². The number of hydrogen-bond acceptors (Lipinski definition) is 4. The molecule has 6 nitrogen and oxygen atoms in total. The van der Waals surface area contributed by atoms with E-state index in [1.165, 1.54) is 0 Å². The van der Waals surface area contributed by atoms with Crippen LogP contribution in [-0.4, -0.2) is 47.2 Å². The van der Waals surface area contributed by atoms with E-state index in [-0.39, 0.29) is 10.6 Å². The minimum atomic E-state index is -0.325. The Kier molecular flexibility index (Phi) is 3.66. The van der Waals surface area contributed by atoms with E-state index in [1.807, 2.05) is 18.3 Å². The first kappa shape index (κ1) is 13.1. The lowest BCUT2D eigenvalue weighted by Crippen LogP contribution is -2.38. The third-order valence-electron chi connectivity index (χ3n) is 3.75. The van der Waals surface area contributed by atoms with Crippen molar-refractivity contribution in [2.45, 2.75) is 6.54 Å². The summed E-state index contributed by atoms with van der Waals surface area (Å²) in [6.07, 6.45) is 1.93. The summed E-state index contributed by atoms with van der Waals surface area (Å²) in [5, 5.41) is 11.7. The van der Waals surface area contributed by atoms with Gasteiger partial charge >= 0.3 is 0 Å². The van der Waals surface area contributed by atoms with Crippen molar-refractivity contribution < 1.29 is 9.66 Å². The fourth-order valence-electron chi connectivity index (χ4n) is 2.64. The topological polar surface area (TPSA) is 60.5 Å². The van der Waals surface area contributed by atoms with Gasteiger partial charge in [0.2, 0.25) is 0 Å². The van der Waals surface area contributed by atoms with Gasteiger partial charge in [-0.1, -0.05) is 6.07 Å². The van der Waals surface area contributed by atoms with E-state index in [0.29, 0.717) is 5.39 Å². The number of hydrogen-bond donors (Lipinski definition) is 0. The van der Waals surface area contributed by atoms with Gasteiger partial charge in [-0.2, -0.15) is 0 Å². The number of ether oxygens (including phenoxy) is 1. The highest BCUT2D eigenvalue weighted by Crippen LogP contribution is 2.26. The van der Waals surface area contributed by atoms with Crippen molar-refractivity contribution in [3.63, 3.8) is 0 Å². The van der Waals surface area contributed by atoms with Crippen LogP contribution in [0.3, 0.4) is 0 Å². The number of fused-ring (bicyclic) bond motifs is 1. The number of rotatable bonds is 4. The number of aromatic nitrogens is 1. The average Bonchev–Trinajstić information content (AvgIpc) is 2.89. The average molecular weight is 275 g/mol. The number of benzene rings is 1. The Labute approximate surface area is 116 Å². The highest BCUT2D eigenvalue weighted by Gasteiger charge is 2.15. The van der Waals surface area contributed by atoms with Crippen LogP contribution in [0.4, 0.5) is 5.69 Å². The van der Waals surface area contributed by atoms with Crippen LogP contribution >= 0.6 is 0 Å². The van der Waals surface area contributed by atoms with Crippen molar-refractivity contribution >= 4 is 16.6 Å². The zero-order chi connectivity index (χ0) is 13.9. The standard InChI is InChI=1S/C14H17N3O3/c18-17(19)14-3-1-2-13-12(14)4-5-16(13)7-6-15-8-10-20-11-9-15/h1-5H,6-11H2. The van der Waals surface area contributed by atoms with E-state index in [4.69, 9.17) is 4.74 Å². The Morgan fingerprint density at radius 1 is 1.20 bits per heavy atom. The molecule has 0 bridgehead atoms. The lowest BCUT2D eigenvalue weighted by molar-refractivity contribution is -0.383. The second kappa shape index (κ2) is 5.60. The number of nitro benzene ring substituents is 1. The van der Waals surface area contributed by atoms with Gasteiger partial charge in [-0.3, -0.25) is 15.0 Å². The maximum Gasteiger partial charge on any atom is 0.278 e. The summed E-state index contributed by atoms with van der Waals surface area (Å²) in [7, 11) is 0. The zero-order valence-electron chi connectivity index (χ0n) is 11.2.